The van der Waals surface area contributed by atoms with Crippen LogP contribution < -0.4 is 5.73 Å². The van der Waals surface area contributed by atoms with Gasteiger partial charge in [0.2, 0.25) is 0 Å². The second-order valence-corrected chi connectivity index (χ2v) is 4.19. The van der Waals surface area contributed by atoms with E-state index in [4.69, 9.17) is 10.5 Å². The summed E-state index contributed by atoms with van der Waals surface area (Å²) in [5.74, 6) is 0. The number of hydrogen-bond acceptors (Lipinski definition) is 2. The molecule has 0 heterocycles. The van der Waals surface area contributed by atoms with Crippen molar-refractivity contribution in [3.05, 3.63) is 35.9 Å². The summed E-state index contributed by atoms with van der Waals surface area (Å²) in [7, 11) is 0. The van der Waals surface area contributed by atoms with Gasteiger partial charge in [-0.1, -0.05) is 30.3 Å². The Morgan fingerprint density at radius 3 is 2.50 bits per heavy atom. The van der Waals surface area contributed by atoms with Gasteiger partial charge in [0, 0.05) is 5.54 Å². The van der Waals surface area contributed by atoms with Crippen molar-refractivity contribution < 1.29 is 4.74 Å². The monoisotopic (exact) mass is 191 g/mol. The van der Waals surface area contributed by atoms with Crippen molar-refractivity contribution in [2.24, 2.45) is 5.73 Å². The zero-order valence-corrected chi connectivity index (χ0v) is 8.41. The Kier molecular flexibility index (Phi) is 2.85. The van der Waals surface area contributed by atoms with Crippen LogP contribution in [0.15, 0.2) is 30.3 Å². The van der Waals surface area contributed by atoms with Gasteiger partial charge in [-0.15, -0.1) is 0 Å². The Labute approximate surface area is 85.1 Å². The fourth-order valence-electron chi connectivity index (χ4n) is 1.72. The van der Waals surface area contributed by atoms with Gasteiger partial charge in [0.05, 0.1) is 13.2 Å². The normalized spacial score (nSPS) is 18.9. The lowest BCUT2D eigenvalue weighted by Crippen LogP contribution is -2.50. The van der Waals surface area contributed by atoms with E-state index in [9.17, 15) is 0 Å². The molecule has 2 rings (SSSR count). The van der Waals surface area contributed by atoms with Crippen LogP contribution in [0.4, 0.5) is 0 Å². The van der Waals surface area contributed by atoms with Crippen molar-refractivity contribution in [2.75, 3.05) is 6.61 Å². The highest BCUT2D eigenvalue weighted by Gasteiger charge is 2.32. The lowest BCUT2D eigenvalue weighted by Gasteiger charge is -2.37. The number of hydrogen-bond donors (Lipinski definition) is 1. The molecule has 0 amide bonds. The van der Waals surface area contributed by atoms with E-state index in [-0.39, 0.29) is 5.54 Å². The fraction of sp³-hybridized carbons (Fsp3) is 0.500. The third kappa shape index (κ3) is 2.34. The average molecular weight is 191 g/mol. The molecule has 76 valence electrons. The second kappa shape index (κ2) is 4.11. The minimum Gasteiger partial charge on any atom is -0.375 e. The van der Waals surface area contributed by atoms with E-state index in [0.717, 1.165) is 12.8 Å². The van der Waals surface area contributed by atoms with Crippen molar-refractivity contribution >= 4 is 0 Å². The van der Waals surface area contributed by atoms with Crippen LogP contribution in [0.1, 0.15) is 24.8 Å². The molecule has 1 saturated carbocycles. The lowest BCUT2D eigenvalue weighted by molar-refractivity contribution is 0.0404. The highest BCUT2D eigenvalue weighted by Crippen LogP contribution is 2.29. The molecule has 2 N–H and O–H groups in total. The van der Waals surface area contributed by atoms with Crippen LogP contribution in [0.2, 0.25) is 0 Å². The standard InChI is InChI=1S/C12H17NO/c13-12(7-4-8-12)10-14-9-11-5-2-1-3-6-11/h1-3,5-6H,4,7-10,13H2. The van der Waals surface area contributed by atoms with E-state index in [1.807, 2.05) is 18.2 Å². The predicted octanol–water partition coefficient (Wildman–Crippen LogP) is 2.08. The van der Waals surface area contributed by atoms with Crippen molar-refractivity contribution in [3.8, 4) is 0 Å². The lowest BCUT2D eigenvalue weighted by atomic mass is 9.78. The Morgan fingerprint density at radius 2 is 1.93 bits per heavy atom. The first-order chi connectivity index (χ1) is 6.79. The molecule has 14 heavy (non-hydrogen) atoms. The third-order valence-corrected chi connectivity index (χ3v) is 2.85. The Morgan fingerprint density at radius 1 is 1.21 bits per heavy atom. The van der Waals surface area contributed by atoms with E-state index in [2.05, 4.69) is 12.1 Å². The summed E-state index contributed by atoms with van der Waals surface area (Å²) in [6.45, 7) is 1.38. The van der Waals surface area contributed by atoms with Crippen LogP contribution in [0.3, 0.4) is 0 Å². The Hall–Kier alpha value is -0.860. The molecule has 0 saturated heterocycles. The van der Waals surface area contributed by atoms with Crippen molar-refractivity contribution in [1.29, 1.82) is 0 Å². The molecular formula is C12H17NO. The second-order valence-electron chi connectivity index (χ2n) is 4.19. The summed E-state index contributed by atoms with van der Waals surface area (Å²) in [5.41, 5.74) is 7.24. The number of benzene rings is 1. The molecule has 0 bridgehead atoms. The number of rotatable bonds is 4. The molecule has 2 nitrogen and oxygen atoms in total. The molecule has 0 aromatic heterocycles. The van der Waals surface area contributed by atoms with E-state index in [0.29, 0.717) is 13.2 Å². The molecule has 1 aromatic carbocycles. The minimum atomic E-state index is -0.0191. The minimum absolute atomic E-state index is 0.0191. The highest BCUT2D eigenvalue weighted by atomic mass is 16.5. The topological polar surface area (TPSA) is 35.2 Å². The van der Waals surface area contributed by atoms with Crippen LogP contribution in [0, 0.1) is 0 Å². The van der Waals surface area contributed by atoms with Crippen LogP contribution in [0.5, 0.6) is 0 Å². The summed E-state index contributed by atoms with van der Waals surface area (Å²) < 4.78 is 5.60. The first-order valence-electron chi connectivity index (χ1n) is 5.19. The molecule has 1 aliphatic carbocycles. The molecule has 1 fully saturated rings. The van der Waals surface area contributed by atoms with Crippen molar-refractivity contribution in [2.45, 2.75) is 31.4 Å². The molecule has 0 radical (unpaired) electrons. The van der Waals surface area contributed by atoms with E-state index >= 15 is 0 Å². The summed E-state index contributed by atoms with van der Waals surface area (Å²) >= 11 is 0. The van der Waals surface area contributed by atoms with Gasteiger partial charge in [-0.05, 0) is 24.8 Å². The maximum absolute atomic E-state index is 6.04. The van der Waals surface area contributed by atoms with Gasteiger partial charge < -0.3 is 10.5 Å². The van der Waals surface area contributed by atoms with E-state index in [1.54, 1.807) is 0 Å². The zero-order valence-electron chi connectivity index (χ0n) is 8.41. The molecule has 0 aliphatic heterocycles. The highest BCUT2D eigenvalue weighted by molar-refractivity contribution is 5.13. The summed E-state index contributed by atoms with van der Waals surface area (Å²) in [6, 6.07) is 10.2. The summed E-state index contributed by atoms with van der Waals surface area (Å²) in [5, 5.41) is 0. The van der Waals surface area contributed by atoms with E-state index in [1.165, 1.54) is 12.0 Å². The molecule has 0 unspecified atom stereocenters. The van der Waals surface area contributed by atoms with Crippen LogP contribution >= 0.6 is 0 Å². The first-order valence-corrected chi connectivity index (χ1v) is 5.19. The van der Waals surface area contributed by atoms with Gasteiger partial charge in [0.15, 0.2) is 0 Å². The SMILES string of the molecule is NC1(COCc2ccccc2)CCC1. The van der Waals surface area contributed by atoms with Gasteiger partial charge in [0.1, 0.15) is 0 Å². The Balaban J connectivity index is 1.73. The maximum Gasteiger partial charge on any atom is 0.0717 e. The first kappa shape index (κ1) is 9.69. The quantitative estimate of drug-likeness (QED) is 0.790. The maximum atomic E-state index is 6.04. The third-order valence-electron chi connectivity index (χ3n) is 2.85. The summed E-state index contributed by atoms with van der Waals surface area (Å²) in [4.78, 5) is 0. The molecule has 2 heteroatoms. The molecule has 1 aliphatic rings. The summed E-state index contributed by atoms with van der Waals surface area (Å²) in [6.07, 6.45) is 3.48. The zero-order chi connectivity index (χ0) is 9.86. The molecule has 0 atom stereocenters. The fourth-order valence-corrected chi connectivity index (χ4v) is 1.72. The number of ether oxygens (including phenoxy) is 1. The van der Waals surface area contributed by atoms with Crippen LogP contribution in [-0.4, -0.2) is 12.1 Å². The van der Waals surface area contributed by atoms with Crippen LogP contribution in [-0.2, 0) is 11.3 Å². The van der Waals surface area contributed by atoms with Gasteiger partial charge in [-0.2, -0.15) is 0 Å². The predicted molar refractivity (Wildman–Crippen MR) is 56.9 cm³/mol. The van der Waals surface area contributed by atoms with Gasteiger partial charge in [-0.25, -0.2) is 0 Å². The Bertz CT molecular complexity index is 280. The van der Waals surface area contributed by atoms with E-state index < -0.39 is 0 Å². The van der Waals surface area contributed by atoms with Crippen molar-refractivity contribution in [3.63, 3.8) is 0 Å². The van der Waals surface area contributed by atoms with Crippen LogP contribution in [0.25, 0.3) is 0 Å². The van der Waals surface area contributed by atoms with Gasteiger partial charge in [0.25, 0.3) is 0 Å². The van der Waals surface area contributed by atoms with Gasteiger partial charge in [-0.3, -0.25) is 0 Å². The number of nitrogens with two attached hydrogens (primary N) is 1. The molecule has 1 aromatic rings. The smallest absolute Gasteiger partial charge is 0.0717 e. The largest absolute Gasteiger partial charge is 0.375 e. The average Bonchev–Trinajstić information content (AvgIpc) is 2.17. The molecule has 0 spiro atoms. The van der Waals surface area contributed by atoms with Crippen molar-refractivity contribution in [1.82, 2.24) is 0 Å². The molecular weight excluding hydrogens is 174 g/mol. The van der Waals surface area contributed by atoms with Gasteiger partial charge >= 0.3 is 0 Å².